The van der Waals surface area contributed by atoms with Crippen molar-refractivity contribution in [2.75, 3.05) is 0 Å². The molecule has 0 bridgehead atoms. The van der Waals surface area contributed by atoms with E-state index in [1.165, 1.54) is 11.3 Å². The third-order valence-electron chi connectivity index (χ3n) is 2.10. The van der Waals surface area contributed by atoms with Crippen molar-refractivity contribution in [3.63, 3.8) is 0 Å². The summed E-state index contributed by atoms with van der Waals surface area (Å²) in [6.07, 6.45) is 0.0840. The van der Waals surface area contributed by atoms with Gasteiger partial charge in [0, 0.05) is 9.35 Å². The fraction of sp³-hybridized carbons (Fsp3) is 0.444. The monoisotopic (exact) mass is 326 g/mol. The third kappa shape index (κ3) is 3.05. The standard InChI is InChI=1S/C9H11BrO4S2/c1-2-8(9(11)12)16(13,14)5-7-6(10)3-4-15-7/h3-4,8H,2,5H2,1H3,(H,11,12). The molecule has 1 rings (SSSR count). The summed E-state index contributed by atoms with van der Waals surface area (Å²) < 4.78 is 24.4. The van der Waals surface area contributed by atoms with Crippen molar-refractivity contribution in [1.82, 2.24) is 0 Å². The first-order valence-electron chi connectivity index (χ1n) is 4.54. The molecule has 0 saturated heterocycles. The molecule has 0 aliphatic carbocycles. The lowest BCUT2D eigenvalue weighted by Gasteiger charge is -2.10. The highest BCUT2D eigenvalue weighted by molar-refractivity contribution is 9.10. The summed E-state index contributed by atoms with van der Waals surface area (Å²) in [6.45, 7) is 1.56. The maximum Gasteiger partial charge on any atom is 0.321 e. The number of carbonyl (C=O) groups is 1. The zero-order chi connectivity index (χ0) is 12.3. The van der Waals surface area contributed by atoms with Gasteiger partial charge in [0.05, 0.1) is 5.75 Å². The molecule has 4 nitrogen and oxygen atoms in total. The number of hydrogen-bond acceptors (Lipinski definition) is 4. The van der Waals surface area contributed by atoms with Crippen LogP contribution in [0.3, 0.4) is 0 Å². The van der Waals surface area contributed by atoms with Gasteiger partial charge in [-0.15, -0.1) is 11.3 Å². The van der Waals surface area contributed by atoms with Crippen LogP contribution in [0.15, 0.2) is 15.9 Å². The molecule has 1 N–H and O–H groups in total. The van der Waals surface area contributed by atoms with E-state index in [1.807, 2.05) is 0 Å². The lowest BCUT2D eigenvalue weighted by atomic mass is 10.3. The van der Waals surface area contributed by atoms with Gasteiger partial charge in [-0.2, -0.15) is 0 Å². The molecule has 0 fully saturated rings. The molecule has 1 heterocycles. The molecule has 0 aromatic carbocycles. The molecule has 1 aromatic rings. The van der Waals surface area contributed by atoms with Crippen LogP contribution in [-0.4, -0.2) is 24.7 Å². The van der Waals surface area contributed by atoms with Crippen LogP contribution in [-0.2, 0) is 20.4 Å². The minimum Gasteiger partial charge on any atom is -0.480 e. The molecule has 0 radical (unpaired) electrons. The van der Waals surface area contributed by atoms with Gasteiger partial charge in [-0.25, -0.2) is 8.42 Å². The van der Waals surface area contributed by atoms with Crippen molar-refractivity contribution in [1.29, 1.82) is 0 Å². The minimum atomic E-state index is -3.64. The Balaban J connectivity index is 2.95. The Kier molecular flexibility index (Phi) is 4.52. The van der Waals surface area contributed by atoms with Crippen LogP contribution >= 0.6 is 27.3 Å². The van der Waals surface area contributed by atoms with Gasteiger partial charge in [-0.1, -0.05) is 6.92 Å². The topological polar surface area (TPSA) is 71.4 Å². The van der Waals surface area contributed by atoms with E-state index in [9.17, 15) is 13.2 Å². The summed E-state index contributed by atoms with van der Waals surface area (Å²) >= 11 is 4.52. The molecule has 0 saturated carbocycles. The first-order valence-corrected chi connectivity index (χ1v) is 7.93. The second kappa shape index (κ2) is 5.29. The highest BCUT2D eigenvalue weighted by atomic mass is 79.9. The molecule has 0 aliphatic heterocycles. The Labute approximate surface area is 106 Å². The highest BCUT2D eigenvalue weighted by Crippen LogP contribution is 2.26. The summed E-state index contributed by atoms with van der Waals surface area (Å²) in [4.78, 5) is 11.4. The molecule has 7 heteroatoms. The smallest absolute Gasteiger partial charge is 0.321 e. The maximum atomic E-state index is 11.8. The van der Waals surface area contributed by atoms with Crippen LogP contribution in [0.5, 0.6) is 0 Å². The first-order chi connectivity index (χ1) is 7.38. The zero-order valence-electron chi connectivity index (χ0n) is 8.51. The normalized spacial score (nSPS) is 13.6. The van der Waals surface area contributed by atoms with E-state index in [0.717, 1.165) is 0 Å². The average molecular weight is 327 g/mol. The van der Waals surface area contributed by atoms with Crippen molar-refractivity contribution < 1.29 is 18.3 Å². The summed E-state index contributed by atoms with van der Waals surface area (Å²) in [7, 11) is -3.64. The van der Waals surface area contributed by atoms with Gasteiger partial charge in [0.25, 0.3) is 0 Å². The lowest BCUT2D eigenvalue weighted by molar-refractivity contribution is -0.136. The Morgan fingerprint density at radius 1 is 1.62 bits per heavy atom. The van der Waals surface area contributed by atoms with E-state index in [1.54, 1.807) is 18.4 Å². The van der Waals surface area contributed by atoms with Gasteiger partial charge in [0.15, 0.2) is 15.1 Å². The maximum absolute atomic E-state index is 11.8. The highest BCUT2D eigenvalue weighted by Gasteiger charge is 2.31. The summed E-state index contributed by atoms with van der Waals surface area (Å²) in [5.41, 5.74) is 0. The van der Waals surface area contributed by atoms with Crippen molar-refractivity contribution >= 4 is 43.1 Å². The Hall–Kier alpha value is -0.400. The molecule has 0 aliphatic rings. The van der Waals surface area contributed by atoms with Gasteiger partial charge in [-0.05, 0) is 33.8 Å². The molecule has 16 heavy (non-hydrogen) atoms. The van der Waals surface area contributed by atoms with Gasteiger partial charge in [-0.3, -0.25) is 4.79 Å². The number of carboxylic acids is 1. The molecule has 1 atom stereocenters. The van der Waals surface area contributed by atoms with Crippen LogP contribution in [0.4, 0.5) is 0 Å². The Morgan fingerprint density at radius 2 is 2.25 bits per heavy atom. The van der Waals surface area contributed by atoms with Gasteiger partial charge >= 0.3 is 5.97 Å². The van der Waals surface area contributed by atoms with Crippen molar-refractivity contribution in [3.05, 3.63) is 20.8 Å². The van der Waals surface area contributed by atoms with Crippen LogP contribution in [0.25, 0.3) is 0 Å². The van der Waals surface area contributed by atoms with Crippen molar-refractivity contribution in [2.24, 2.45) is 0 Å². The number of sulfone groups is 1. The fourth-order valence-electron chi connectivity index (χ4n) is 1.29. The zero-order valence-corrected chi connectivity index (χ0v) is 11.7. The quantitative estimate of drug-likeness (QED) is 0.901. The van der Waals surface area contributed by atoms with Crippen LogP contribution in [0, 0.1) is 0 Å². The minimum absolute atomic E-state index is 0.0840. The third-order valence-corrected chi connectivity index (χ3v) is 6.31. The largest absolute Gasteiger partial charge is 0.480 e. The van der Waals surface area contributed by atoms with E-state index in [4.69, 9.17) is 5.11 Å². The molecule has 1 aromatic heterocycles. The molecular weight excluding hydrogens is 316 g/mol. The summed E-state index contributed by atoms with van der Waals surface area (Å²) in [6, 6.07) is 1.75. The first kappa shape index (κ1) is 13.7. The van der Waals surface area contributed by atoms with E-state index in [0.29, 0.717) is 9.35 Å². The SMILES string of the molecule is CCC(C(=O)O)S(=O)(=O)Cc1sccc1Br. The van der Waals surface area contributed by atoms with E-state index in [-0.39, 0.29) is 12.2 Å². The molecule has 1 unspecified atom stereocenters. The summed E-state index contributed by atoms with van der Waals surface area (Å²) in [5, 5.41) is 9.26. The number of thiophene rings is 1. The van der Waals surface area contributed by atoms with Gasteiger partial charge in [0.1, 0.15) is 0 Å². The molecule has 0 spiro atoms. The van der Waals surface area contributed by atoms with Crippen LogP contribution < -0.4 is 0 Å². The van der Waals surface area contributed by atoms with Crippen LogP contribution in [0.1, 0.15) is 18.2 Å². The molecule has 90 valence electrons. The predicted octanol–water partition coefficient (Wildman–Crippen LogP) is 2.29. The predicted molar refractivity (Wildman–Crippen MR) is 66.4 cm³/mol. The van der Waals surface area contributed by atoms with E-state index in [2.05, 4.69) is 15.9 Å². The number of carboxylic acid groups (broad SMARTS) is 1. The van der Waals surface area contributed by atoms with Gasteiger partial charge in [0.2, 0.25) is 0 Å². The average Bonchev–Trinajstić information content (AvgIpc) is 2.50. The number of aliphatic carboxylic acids is 1. The summed E-state index contributed by atoms with van der Waals surface area (Å²) in [5.74, 6) is -1.51. The Morgan fingerprint density at radius 3 is 2.62 bits per heavy atom. The number of hydrogen-bond donors (Lipinski definition) is 1. The second-order valence-corrected chi connectivity index (χ2v) is 7.27. The fourth-order valence-corrected chi connectivity index (χ4v) is 5.06. The van der Waals surface area contributed by atoms with Crippen molar-refractivity contribution in [2.45, 2.75) is 24.3 Å². The second-order valence-electron chi connectivity index (χ2n) is 3.23. The molecular formula is C9H11BrO4S2. The van der Waals surface area contributed by atoms with Gasteiger partial charge < -0.3 is 5.11 Å². The number of rotatable bonds is 5. The van der Waals surface area contributed by atoms with E-state index < -0.39 is 21.1 Å². The van der Waals surface area contributed by atoms with E-state index >= 15 is 0 Å². The Bertz CT molecular complexity index is 477. The van der Waals surface area contributed by atoms with Crippen LogP contribution in [0.2, 0.25) is 0 Å². The lowest BCUT2D eigenvalue weighted by Crippen LogP contribution is -2.30. The molecule has 0 amide bonds. The van der Waals surface area contributed by atoms with Crippen molar-refractivity contribution in [3.8, 4) is 0 Å². The number of halogens is 1.